The first-order chi connectivity index (χ1) is 15.2. The normalized spacial score (nSPS) is 14.1. The van der Waals surface area contributed by atoms with Gasteiger partial charge in [0.2, 0.25) is 5.91 Å². The van der Waals surface area contributed by atoms with Gasteiger partial charge >= 0.3 is 0 Å². The van der Waals surface area contributed by atoms with Crippen LogP contribution in [0, 0.1) is 0 Å². The molecule has 0 saturated carbocycles. The zero-order chi connectivity index (χ0) is 21.5. The molecule has 1 amide bonds. The monoisotopic (exact) mass is 434 g/mol. The summed E-state index contributed by atoms with van der Waals surface area (Å²) in [7, 11) is 0. The highest BCUT2D eigenvalue weighted by Crippen LogP contribution is 2.17. The number of halogens is 1. The summed E-state index contributed by atoms with van der Waals surface area (Å²) in [5.74, 6) is 1.66. The molecule has 1 fully saturated rings. The number of amides is 1. The lowest BCUT2D eigenvalue weighted by Gasteiger charge is -2.34. The minimum absolute atomic E-state index is 0.0131. The molecule has 0 bridgehead atoms. The van der Waals surface area contributed by atoms with Gasteiger partial charge in [-0.25, -0.2) is 4.98 Å². The van der Waals surface area contributed by atoms with Crippen LogP contribution in [0.25, 0.3) is 6.08 Å². The van der Waals surface area contributed by atoms with E-state index in [0.29, 0.717) is 24.7 Å². The Balaban J connectivity index is 1.25. The summed E-state index contributed by atoms with van der Waals surface area (Å²) in [5.41, 5.74) is 1.83. The number of carbonyl (C=O) groups excluding carboxylic acids is 1. The van der Waals surface area contributed by atoms with Crippen molar-refractivity contribution in [2.45, 2.75) is 6.61 Å². The van der Waals surface area contributed by atoms with E-state index in [1.807, 2.05) is 65.6 Å². The van der Waals surface area contributed by atoms with E-state index in [2.05, 4.69) is 14.9 Å². The molecule has 3 heterocycles. The highest BCUT2D eigenvalue weighted by molar-refractivity contribution is 6.30. The van der Waals surface area contributed by atoms with Crippen LogP contribution in [0.4, 0.5) is 5.82 Å². The number of hydrogen-bond donors (Lipinski definition) is 0. The third kappa shape index (κ3) is 5.83. The average Bonchev–Trinajstić information content (AvgIpc) is 2.83. The van der Waals surface area contributed by atoms with Crippen molar-refractivity contribution in [2.24, 2.45) is 0 Å². The number of hydrogen-bond acceptors (Lipinski definition) is 5. The second kappa shape index (κ2) is 10.1. The Labute approximate surface area is 186 Å². The third-order valence-electron chi connectivity index (χ3n) is 5.04. The van der Waals surface area contributed by atoms with Gasteiger partial charge in [-0.15, -0.1) is 0 Å². The Morgan fingerprint density at radius 2 is 1.81 bits per heavy atom. The third-order valence-corrected chi connectivity index (χ3v) is 5.26. The van der Waals surface area contributed by atoms with Gasteiger partial charge < -0.3 is 14.5 Å². The number of aromatic nitrogens is 2. The lowest BCUT2D eigenvalue weighted by atomic mass is 10.2. The van der Waals surface area contributed by atoms with Gasteiger partial charge in [0.1, 0.15) is 18.2 Å². The average molecular weight is 435 g/mol. The van der Waals surface area contributed by atoms with Crippen molar-refractivity contribution < 1.29 is 9.53 Å². The second-order valence-corrected chi connectivity index (χ2v) is 7.60. The molecule has 0 atom stereocenters. The van der Waals surface area contributed by atoms with E-state index in [1.165, 1.54) is 0 Å². The molecule has 2 aromatic heterocycles. The summed E-state index contributed by atoms with van der Waals surface area (Å²) in [5, 5.41) is 0.621. The predicted octanol–water partition coefficient (Wildman–Crippen LogP) is 4.07. The van der Waals surface area contributed by atoms with Crippen molar-refractivity contribution in [2.75, 3.05) is 31.1 Å². The molecule has 3 aromatic rings. The summed E-state index contributed by atoms with van der Waals surface area (Å²) in [4.78, 5) is 25.1. The number of benzene rings is 1. The van der Waals surface area contributed by atoms with Crippen LogP contribution < -0.4 is 9.64 Å². The lowest BCUT2D eigenvalue weighted by Crippen LogP contribution is -2.48. The van der Waals surface area contributed by atoms with Crippen LogP contribution in [0.2, 0.25) is 5.02 Å². The van der Waals surface area contributed by atoms with E-state index in [4.69, 9.17) is 16.3 Å². The molecule has 0 radical (unpaired) electrons. The van der Waals surface area contributed by atoms with E-state index in [0.717, 1.165) is 35.9 Å². The number of pyridine rings is 2. The summed E-state index contributed by atoms with van der Waals surface area (Å²) < 4.78 is 5.74. The van der Waals surface area contributed by atoms with Crippen molar-refractivity contribution in [3.8, 4) is 5.75 Å². The topological polar surface area (TPSA) is 58.6 Å². The smallest absolute Gasteiger partial charge is 0.246 e. The van der Waals surface area contributed by atoms with Crippen molar-refractivity contribution in [3.63, 3.8) is 0 Å². The molecular formula is C24H23ClN4O2. The van der Waals surface area contributed by atoms with E-state index in [1.54, 1.807) is 18.5 Å². The number of rotatable bonds is 6. The fraction of sp³-hybridized carbons (Fsp3) is 0.208. The minimum atomic E-state index is 0.0131. The van der Waals surface area contributed by atoms with E-state index >= 15 is 0 Å². The maximum absolute atomic E-state index is 12.5. The van der Waals surface area contributed by atoms with E-state index < -0.39 is 0 Å². The molecule has 0 spiro atoms. The Morgan fingerprint density at radius 1 is 1.00 bits per heavy atom. The first-order valence-corrected chi connectivity index (χ1v) is 10.5. The maximum atomic E-state index is 12.5. The Kier molecular flexibility index (Phi) is 6.79. The molecule has 7 heteroatoms. The van der Waals surface area contributed by atoms with Crippen molar-refractivity contribution in [1.29, 1.82) is 0 Å². The molecule has 31 heavy (non-hydrogen) atoms. The molecule has 0 N–H and O–H groups in total. The molecule has 6 nitrogen and oxygen atoms in total. The quantitative estimate of drug-likeness (QED) is 0.547. The summed E-state index contributed by atoms with van der Waals surface area (Å²) in [6.07, 6.45) is 6.85. The van der Waals surface area contributed by atoms with Gasteiger partial charge in [0.15, 0.2) is 0 Å². The summed E-state index contributed by atoms with van der Waals surface area (Å²) >= 11 is 5.90. The fourth-order valence-electron chi connectivity index (χ4n) is 3.30. The Bertz CT molecular complexity index is 1020. The van der Waals surface area contributed by atoms with Gasteiger partial charge in [0.25, 0.3) is 0 Å². The molecule has 158 valence electrons. The van der Waals surface area contributed by atoms with Gasteiger partial charge in [0, 0.05) is 44.6 Å². The molecule has 4 rings (SSSR count). The number of ether oxygens (including phenoxy) is 1. The largest absolute Gasteiger partial charge is 0.487 e. The molecule has 0 unspecified atom stereocenters. The predicted molar refractivity (Wildman–Crippen MR) is 122 cm³/mol. The minimum Gasteiger partial charge on any atom is -0.487 e. The molecule has 1 aliphatic heterocycles. The van der Waals surface area contributed by atoms with Gasteiger partial charge in [-0.3, -0.25) is 9.78 Å². The lowest BCUT2D eigenvalue weighted by molar-refractivity contribution is -0.126. The van der Waals surface area contributed by atoms with Crippen molar-refractivity contribution >= 4 is 29.4 Å². The van der Waals surface area contributed by atoms with Crippen LogP contribution in [0.1, 0.15) is 11.3 Å². The van der Waals surface area contributed by atoms with Gasteiger partial charge in [-0.05, 0) is 48.0 Å². The zero-order valence-corrected chi connectivity index (χ0v) is 17.8. The zero-order valence-electron chi connectivity index (χ0n) is 17.0. The fourth-order valence-corrected chi connectivity index (χ4v) is 3.41. The van der Waals surface area contributed by atoms with Crippen LogP contribution in [0.15, 0.2) is 73.1 Å². The first-order valence-electron chi connectivity index (χ1n) is 10.1. The highest BCUT2D eigenvalue weighted by atomic mass is 35.5. The van der Waals surface area contributed by atoms with Crippen molar-refractivity contribution in [3.05, 3.63) is 89.3 Å². The van der Waals surface area contributed by atoms with Crippen LogP contribution in [0.5, 0.6) is 5.75 Å². The molecule has 1 aliphatic rings. The molecule has 0 aliphatic carbocycles. The maximum Gasteiger partial charge on any atom is 0.246 e. The number of carbonyl (C=O) groups is 1. The highest BCUT2D eigenvalue weighted by Gasteiger charge is 2.20. The van der Waals surface area contributed by atoms with Crippen LogP contribution in [0.3, 0.4) is 0 Å². The van der Waals surface area contributed by atoms with Crippen LogP contribution >= 0.6 is 11.6 Å². The van der Waals surface area contributed by atoms with E-state index in [9.17, 15) is 4.79 Å². The number of piperazine rings is 1. The standard InChI is InChI=1S/C24H23ClN4O2/c25-20-7-10-23(27-17-20)28-13-15-29(16-14-28)24(30)11-6-19-4-8-22(9-5-19)31-18-21-3-1-2-12-26-21/h1-12,17H,13-16,18H2/b11-6+. The molecule has 1 aromatic carbocycles. The van der Waals surface area contributed by atoms with Gasteiger partial charge in [0.05, 0.1) is 10.7 Å². The first kappa shape index (κ1) is 20.9. The second-order valence-electron chi connectivity index (χ2n) is 7.16. The summed E-state index contributed by atoms with van der Waals surface area (Å²) in [6.45, 7) is 3.24. The van der Waals surface area contributed by atoms with Crippen LogP contribution in [-0.4, -0.2) is 47.0 Å². The van der Waals surface area contributed by atoms with Gasteiger partial charge in [-0.2, -0.15) is 0 Å². The Morgan fingerprint density at radius 3 is 2.48 bits per heavy atom. The number of anilines is 1. The Hall–Kier alpha value is -3.38. The summed E-state index contributed by atoms with van der Waals surface area (Å²) in [6, 6.07) is 17.1. The SMILES string of the molecule is O=C(/C=C/c1ccc(OCc2ccccn2)cc1)N1CCN(c2ccc(Cl)cn2)CC1. The molecule has 1 saturated heterocycles. The van der Waals surface area contributed by atoms with Crippen molar-refractivity contribution in [1.82, 2.24) is 14.9 Å². The molecular weight excluding hydrogens is 412 g/mol. The number of nitrogens with zero attached hydrogens (tertiary/aromatic N) is 4. The van der Waals surface area contributed by atoms with Gasteiger partial charge in [-0.1, -0.05) is 29.8 Å². The van der Waals surface area contributed by atoms with E-state index in [-0.39, 0.29) is 5.91 Å². The van der Waals surface area contributed by atoms with Crippen LogP contribution in [-0.2, 0) is 11.4 Å².